The monoisotopic (exact) mass is 515 g/mol. The zero-order chi connectivity index (χ0) is 26.2. The smallest absolute Gasteiger partial charge is 0.335 e. The topological polar surface area (TPSA) is 75.6 Å². The maximum Gasteiger partial charge on any atom is 0.335 e. The molecular weight excluding hydrogens is 486 g/mol. The van der Waals surface area contributed by atoms with Crippen LogP contribution in [0.1, 0.15) is 45.9 Å². The van der Waals surface area contributed by atoms with Crippen LogP contribution in [-0.4, -0.2) is 30.5 Å². The molecule has 0 saturated heterocycles. The maximum atomic E-state index is 13.0. The van der Waals surface area contributed by atoms with E-state index in [4.69, 9.17) is 21.4 Å². The number of benzene rings is 4. The molecule has 37 heavy (non-hydrogen) atoms. The van der Waals surface area contributed by atoms with Crippen LogP contribution in [0.15, 0.2) is 84.9 Å². The predicted molar refractivity (Wildman–Crippen MR) is 148 cm³/mol. The van der Waals surface area contributed by atoms with E-state index in [-0.39, 0.29) is 17.4 Å². The molecule has 1 unspecified atom stereocenters. The highest BCUT2D eigenvalue weighted by atomic mass is 35.5. The van der Waals surface area contributed by atoms with Gasteiger partial charge in [0.25, 0.3) is 0 Å². The molecule has 4 aromatic carbocycles. The highest BCUT2D eigenvalue weighted by Crippen LogP contribution is 2.24. The summed E-state index contributed by atoms with van der Waals surface area (Å²) >= 11 is 6.24. The first-order chi connectivity index (χ1) is 17.9. The van der Waals surface area contributed by atoms with E-state index in [1.54, 1.807) is 19.2 Å². The molecule has 0 heterocycles. The van der Waals surface area contributed by atoms with Gasteiger partial charge in [0.05, 0.1) is 12.7 Å². The molecule has 0 amide bonds. The van der Waals surface area contributed by atoms with Crippen LogP contribution in [0.25, 0.3) is 10.8 Å². The van der Waals surface area contributed by atoms with Crippen molar-refractivity contribution in [1.82, 2.24) is 5.32 Å². The number of carboxylic acid groups (broad SMARTS) is 1. The third kappa shape index (κ3) is 7.42. The average molecular weight is 516 g/mol. The van der Waals surface area contributed by atoms with Crippen molar-refractivity contribution in [2.45, 2.75) is 31.7 Å². The minimum atomic E-state index is -0.937. The molecule has 2 N–H and O–H groups in total. The first-order valence-corrected chi connectivity index (χ1v) is 12.7. The number of nitrogens with one attached hydrogen (secondary N) is 1. The van der Waals surface area contributed by atoms with E-state index in [1.807, 2.05) is 54.6 Å². The van der Waals surface area contributed by atoms with Crippen LogP contribution in [0.3, 0.4) is 0 Å². The summed E-state index contributed by atoms with van der Waals surface area (Å²) < 4.78 is 5.30. The largest absolute Gasteiger partial charge is 0.497 e. The maximum absolute atomic E-state index is 13.0. The third-order valence-corrected chi connectivity index (χ3v) is 6.73. The molecule has 0 fully saturated rings. The Balaban J connectivity index is 1.37. The second-order valence-corrected chi connectivity index (χ2v) is 9.54. The summed E-state index contributed by atoms with van der Waals surface area (Å²) in [6.45, 7) is 0.644. The molecule has 0 radical (unpaired) electrons. The van der Waals surface area contributed by atoms with Gasteiger partial charge >= 0.3 is 5.97 Å². The highest BCUT2D eigenvalue weighted by molar-refractivity contribution is 6.30. The van der Waals surface area contributed by atoms with Crippen LogP contribution in [-0.2, 0) is 17.6 Å². The molecule has 190 valence electrons. The fraction of sp³-hybridized carbons (Fsp3) is 0.226. The van der Waals surface area contributed by atoms with Crippen molar-refractivity contribution in [2.24, 2.45) is 0 Å². The number of ether oxygens (including phenoxy) is 1. The van der Waals surface area contributed by atoms with Crippen LogP contribution >= 0.6 is 11.6 Å². The minimum absolute atomic E-state index is 0.159. The number of ketones is 1. The van der Waals surface area contributed by atoms with Gasteiger partial charge in [-0.05, 0) is 83.2 Å². The van der Waals surface area contributed by atoms with Gasteiger partial charge in [-0.25, -0.2) is 4.79 Å². The van der Waals surface area contributed by atoms with Gasteiger partial charge in [-0.15, -0.1) is 0 Å². The number of carbonyl (C=O) groups excluding carboxylic acids is 1. The fourth-order valence-corrected chi connectivity index (χ4v) is 4.60. The lowest BCUT2D eigenvalue weighted by Gasteiger charge is -2.19. The number of rotatable bonds is 12. The van der Waals surface area contributed by atoms with E-state index >= 15 is 0 Å². The molecule has 0 aromatic heterocycles. The van der Waals surface area contributed by atoms with E-state index in [0.29, 0.717) is 37.3 Å². The fourth-order valence-electron chi connectivity index (χ4n) is 4.41. The van der Waals surface area contributed by atoms with Gasteiger partial charge < -0.3 is 15.2 Å². The van der Waals surface area contributed by atoms with Crippen LogP contribution in [0.5, 0.6) is 5.75 Å². The lowest BCUT2D eigenvalue weighted by molar-refractivity contribution is -0.119. The number of carboxylic acids is 1. The standard InChI is InChI=1S/C31H30ClNO4/c1-37-29-14-12-24-17-22(7-11-25(24)19-29)8-13-28(34)20-30(26-3-2-4-27(32)18-26)33-16-15-21-5-9-23(10-6-21)31(35)36/h2-7,9-12,14,17-19,30,33H,8,13,15-16,20H2,1H3,(H,35,36). The van der Waals surface area contributed by atoms with E-state index in [2.05, 4.69) is 23.5 Å². The Hall–Kier alpha value is -3.67. The molecule has 0 bridgehead atoms. The van der Waals surface area contributed by atoms with Crippen molar-refractivity contribution in [3.8, 4) is 5.75 Å². The van der Waals surface area contributed by atoms with Gasteiger partial charge in [-0.2, -0.15) is 0 Å². The Kier molecular flexibility index (Phi) is 8.94. The Morgan fingerprint density at radius 3 is 2.35 bits per heavy atom. The van der Waals surface area contributed by atoms with E-state index < -0.39 is 5.97 Å². The number of hydrogen-bond donors (Lipinski definition) is 2. The lowest BCUT2D eigenvalue weighted by atomic mass is 9.97. The molecule has 4 rings (SSSR count). The second kappa shape index (κ2) is 12.5. The number of aromatic carboxylic acids is 1. The van der Waals surface area contributed by atoms with Crippen LogP contribution in [0, 0.1) is 0 Å². The highest BCUT2D eigenvalue weighted by Gasteiger charge is 2.16. The van der Waals surface area contributed by atoms with Gasteiger partial charge in [0.2, 0.25) is 0 Å². The van der Waals surface area contributed by atoms with Gasteiger partial charge in [0, 0.05) is 23.9 Å². The number of Topliss-reactive ketones (excluding diaryl/α,β-unsaturated/α-hetero) is 1. The van der Waals surface area contributed by atoms with Crippen molar-refractivity contribution in [3.63, 3.8) is 0 Å². The zero-order valence-corrected chi connectivity index (χ0v) is 21.5. The van der Waals surface area contributed by atoms with Gasteiger partial charge in [-0.3, -0.25) is 4.79 Å². The summed E-state index contributed by atoms with van der Waals surface area (Å²) in [5, 5.41) is 15.5. The SMILES string of the molecule is COc1ccc2cc(CCC(=O)CC(NCCc3ccc(C(=O)O)cc3)c3cccc(Cl)c3)ccc2c1. The van der Waals surface area contributed by atoms with E-state index in [1.165, 1.54) is 0 Å². The van der Waals surface area contributed by atoms with Crippen molar-refractivity contribution < 1.29 is 19.4 Å². The summed E-state index contributed by atoms with van der Waals surface area (Å²) in [6.07, 6.45) is 2.21. The second-order valence-electron chi connectivity index (χ2n) is 9.10. The number of halogens is 1. The predicted octanol–water partition coefficient (Wildman–Crippen LogP) is 6.67. The first kappa shape index (κ1) is 26.4. The molecule has 1 atom stereocenters. The molecule has 4 aromatic rings. The quantitative estimate of drug-likeness (QED) is 0.220. The Labute approximate surface area is 222 Å². The average Bonchev–Trinajstić information content (AvgIpc) is 2.91. The van der Waals surface area contributed by atoms with Gasteiger partial charge in [-0.1, -0.05) is 60.1 Å². The summed E-state index contributed by atoms with van der Waals surface area (Å²) in [5.41, 5.74) is 3.40. The van der Waals surface area contributed by atoms with Crippen LogP contribution in [0.2, 0.25) is 5.02 Å². The van der Waals surface area contributed by atoms with Crippen molar-refractivity contribution in [2.75, 3.05) is 13.7 Å². The number of hydrogen-bond acceptors (Lipinski definition) is 4. The van der Waals surface area contributed by atoms with Crippen molar-refractivity contribution in [1.29, 1.82) is 0 Å². The molecular formula is C31H30ClNO4. The third-order valence-electron chi connectivity index (χ3n) is 6.49. The molecule has 0 saturated carbocycles. The summed E-state index contributed by atoms with van der Waals surface area (Å²) in [6, 6.07) is 26.6. The molecule has 0 aliphatic heterocycles. The first-order valence-electron chi connectivity index (χ1n) is 12.3. The molecule has 0 spiro atoms. The summed E-state index contributed by atoms with van der Waals surface area (Å²) in [4.78, 5) is 24.1. The Bertz CT molecular complexity index is 1380. The zero-order valence-electron chi connectivity index (χ0n) is 20.7. The summed E-state index contributed by atoms with van der Waals surface area (Å²) in [7, 11) is 1.66. The molecule has 6 heteroatoms. The number of carbonyl (C=O) groups is 2. The number of aryl methyl sites for hydroxylation is 1. The van der Waals surface area contributed by atoms with E-state index in [9.17, 15) is 9.59 Å². The molecule has 5 nitrogen and oxygen atoms in total. The minimum Gasteiger partial charge on any atom is -0.497 e. The molecule has 0 aliphatic carbocycles. The Morgan fingerprint density at radius 1 is 0.892 bits per heavy atom. The lowest BCUT2D eigenvalue weighted by Crippen LogP contribution is -2.26. The van der Waals surface area contributed by atoms with Crippen molar-refractivity contribution in [3.05, 3.63) is 112 Å². The number of methoxy groups -OCH3 is 1. The number of fused-ring (bicyclic) bond motifs is 1. The van der Waals surface area contributed by atoms with E-state index in [0.717, 1.165) is 33.2 Å². The van der Waals surface area contributed by atoms with Crippen molar-refractivity contribution >= 4 is 34.1 Å². The summed E-state index contributed by atoms with van der Waals surface area (Å²) in [5.74, 6) is 0.0681. The van der Waals surface area contributed by atoms with Crippen LogP contribution in [0.4, 0.5) is 0 Å². The van der Waals surface area contributed by atoms with Gasteiger partial charge in [0.1, 0.15) is 11.5 Å². The Morgan fingerprint density at radius 2 is 1.62 bits per heavy atom. The van der Waals surface area contributed by atoms with Gasteiger partial charge in [0.15, 0.2) is 0 Å². The normalized spacial score (nSPS) is 11.8. The molecule has 0 aliphatic rings. The van der Waals surface area contributed by atoms with Crippen LogP contribution < -0.4 is 10.1 Å².